The fraction of sp³-hybridized carbons (Fsp3) is 0.0909. The van der Waals surface area contributed by atoms with Crippen LogP contribution in [0.4, 0.5) is 5.69 Å². The second kappa shape index (κ2) is 6.21. The monoisotopic (exact) mass is 414 g/mol. The number of halogens is 3. The van der Waals surface area contributed by atoms with Crippen LogP contribution in [-0.4, -0.2) is 8.42 Å². The van der Waals surface area contributed by atoms with Crippen LogP contribution in [0.15, 0.2) is 32.9 Å². The van der Waals surface area contributed by atoms with Gasteiger partial charge >= 0.3 is 0 Å². The van der Waals surface area contributed by atoms with E-state index in [9.17, 15) is 8.42 Å². The summed E-state index contributed by atoms with van der Waals surface area (Å²) in [5, 5.41) is 0.281. The highest BCUT2D eigenvalue weighted by Crippen LogP contribution is 2.31. The van der Waals surface area contributed by atoms with Gasteiger partial charge in [-0.1, -0.05) is 23.2 Å². The van der Waals surface area contributed by atoms with Crippen molar-refractivity contribution in [1.29, 1.82) is 0 Å². The van der Waals surface area contributed by atoms with Gasteiger partial charge in [-0.15, -0.1) is 11.3 Å². The first-order valence-corrected chi connectivity index (χ1v) is 9.13. The Morgan fingerprint density at radius 1 is 1.30 bits per heavy atom. The van der Waals surface area contributed by atoms with E-state index in [4.69, 9.17) is 28.9 Å². The van der Waals surface area contributed by atoms with Crippen molar-refractivity contribution >= 4 is 66.2 Å². The number of hydrogen-bond acceptors (Lipinski definition) is 4. The van der Waals surface area contributed by atoms with E-state index in [1.807, 2.05) is 12.1 Å². The summed E-state index contributed by atoms with van der Waals surface area (Å²) in [6, 6.07) is 6.36. The molecule has 1 aromatic heterocycles. The van der Waals surface area contributed by atoms with Gasteiger partial charge in [-0.2, -0.15) is 0 Å². The molecule has 4 nitrogen and oxygen atoms in total. The second-order valence-corrected chi connectivity index (χ2v) is 8.93. The second-order valence-electron chi connectivity index (χ2n) is 3.84. The predicted octanol–water partition coefficient (Wildman–Crippen LogP) is 3.88. The summed E-state index contributed by atoms with van der Waals surface area (Å²) in [4.78, 5) is 0.711. The number of hydrogen-bond donors (Lipinski definition) is 2. The Balaban J connectivity index is 2.27. The molecule has 108 valence electrons. The molecule has 0 bridgehead atoms. The summed E-state index contributed by atoms with van der Waals surface area (Å²) in [7, 11) is -3.80. The first kappa shape index (κ1) is 16.1. The summed E-state index contributed by atoms with van der Waals surface area (Å²) in [5.74, 6) is 0. The van der Waals surface area contributed by atoms with Gasteiger partial charge in [0.1, 0.15) is 4.90 Å². The Bertz CT molecular complexity index is 724. The van der Waals surface area contributed by atoms with E-state index in [1.54, 1.807) is 0 Å². The summed E-state index contributed by atoms with van der Waals surface area (Å²) in [6.45, 7) is 0.164. The van der Waals surface area contributed by atoms with Gasteiger partial charge in [0.15, 0.2) is 0 Å². The summed E-state index contributed by atoms with van der Waals surface area (Å²) in [6.07, 6.45) is 0. The molecule has 0 fully saturated rings. The molecule has 2 aromatic rings. The number of sulfonamides is 1. The molecule has 1 heterocycles. The van der Waals surface area contributed by atoms with E-state index < -0.39 is 10.0 Å². The quantitative estimate of drug-likeness (QED) is 0.744. The third kappa shape index (κ3) is 3.66. The molecule has 20 heavy (non-hydrogen) atoms. The number of rotatable bonds is 4. The number of thiophene rings is 1. The molecule has 0 aliphatic heterocycles. The Hall–Kier alpha value is -0.310. The van der Waals surface area contributed by atoms with Crippen LogP contribution in [0.3, 0.4) is 0 Å². The van der Waals surface area contributed by atoms with Crippen LogP contribution < -0.4 is 10.5 Å². The van der Waals surface area contributed by atoms with E-state index in [0.29, 0.717) is 0 Å². The molecule has 0 aliphatic carbocycles. The third-order valence-electron chi connectivity index (χ3n) is 2.37. The highest BCUT2D eigenvalue weighted by molar-refractivity contribution is 9.11. The molecule has 0 saturated heterocycles. The highest BCUT2D eigenvalue weighted by atomic mass is 79.9. The minimum atomic E-state index is -3.80. The van der Waals surface area contributed by atoms with E-state index in [-0.39, 0.29) is 27.2 Å². The van der Waals surface area contributed by atoms with Crippen molar-refractivity contribution in [1.82, 2.24) is 4.72 Å². The zero-order valence-corrected chi connectivity index (χ0v) is 14.6. The highest BCUT2D eigenvalue weighted by Gasteiger charge is 2.22. The van der Waals surface area contributed by atoms with Crippen LogP contribution in [0, 0.1) is 0 Å². The Kier molecular flexibility index (Phi) is 4.99. The Morgan fingerprint density at radius 2 is 2.00 bits per heavy atom. The predicted molar refractivity (Wildman–Crippen MR) is 86.9 cm³/mol. The van der Waals surface area contributed by atoms with Gasteiger partial charge < -0.3 is 5.73 Å². The summed E-state index contributed by atoms with van der Waals surface area (Å²) < 4.78 is 27.9. The van der Waals surface area contributed by atoms with E-state index in [0.717, 1.165) is 8.66 Å². The zero-order valence-electron chi connectivity index (χ0n) is 9.86. The van der Waals surface area contributed by atoms with Gasteiger partial charge in [0.25, 0.3) is 0 Å². The first-order valence-electron chi connectivity index (χ1n) is 5.28. The molecular formula is C11H9BrCl2N2O2S2. The minimum absolute atomic E-state index is 0.00476. The lowest BCUT2D eigenvalue weighted by molar-refractivity contribution is 0.582. The van der Waals surface area contributed by atoms with Crippen molar-refractivity contribution in [3.05, 3.63) is 43.0 Å². The average molecular weight is 416 g/mol. The first-order chi connectivity index (χ1) is 9.29. The van der Waals surface area contributed by atoms with Crippen LogP contribution in [0.5, 0.6) is 0 Å². The molecular weight excluding hydrogens is 407 g/mol. The van der Waals surface area contributed by atoms with Gasteiger partial charge in [0.05, 0.1) is 14.5 Å². The lowest BCUT2D eigenvalue weighted by Crippen LogP contribution is -2.24. The van der Waals surface area contributed by atoms with Gasteiger partial charge in [0.2, 0.25) is 10.0 Å². The van der Waals surface area contributed by atoms with Gasteiger partial charge in [-0.25, -0.2) is 13.1 Å². The molecule has 0 spiro atoms. The van der Waals surface area contributed by atoms with Crippen molar-refractivity contribution in [2.45, 2.75) is 11.4 Å². The van der Waals surface area contributed by atoms with Crippen LogP contribution in [-0.2, 0) is 16.6 Å². The van der Waals surface area contributed by atoms with Gasteiger partial charge in [-0.3, -0.25) is 0 Å². The number of benzene rings is 1. The SMILES string of the molecule is Nc1cc(Cl)cc(Cl)c1S(=O)(=O)NCc1ccc(Br)s1. The maximum Gasteiger partial charge on any atom is 0.244 e. The molecule has 0 atom stereocenters. The van der Waals surface area contributed by atoms with Crippen LogP contribution >= 0.6 is 50.5 Å². The third-order valence-corrected chi connectivity index (χ3v) is 6.14. The molecule has 2 rings (SSSR count). The molecule has 0 saturated carbocycles. The van der Waals surface area contributed by atoms with Crippen LogP contribution in [0.2, 0.25) is 10.0 Å². The maximum absolute atomic E-state index is 12.2. The zero-order chi connectivity index (χ0) is 14.9. The summed E-state index contributed by atoms with van der Waals surface area (Å²) >= 11 is 16.4. The fourth-order valence-corrected chi connectivity index (χ4v) is 5.05. The van der Waals surface area contributed by atoms with Gasteiger partial charge in [-0.05, 0) is 40.2 Å². The molecule has 0 aliphatic rings. The van der Waals surface area contributed by atoms with E-state index in [2.05, 4.69) is 20.7 Å². The largest absolute Gasteiger partial charge is 0.398 e. The Labute approximate surface area is 139 Å². The smallest absolute Gasteiger partial charge is 0.244 e. The van der Waals surface area contributed by atoms with Crippen molar-refractivity contribution in [3.63, 3.8) is 0 Å². The molecule has 1 aromatic carbocycles. The van der Waals surface area contributed by atoms with E-state index in [1.165, 1.54) is 23.5 Å². The summed E-state index contributed by atoms with van der Waals surface area (Å²) in [5.41, 5.74) is 5.70. The standard InChI is InChI=1S/C11H9BrCl2N2O2S2/c12-10-2-1-7(19-10)5-16-20(17,18)11-8(14)3-6(13)4-9(11)15/h1-4,16H,5,15H2. The number of nitrogens with two attached hydrogens (primary N) is 1. The maximum atomic E-state index is 12.2. The van der Waals surface area contributed by atoms with Crippen LogP contribution in [0.1, 0.15) is 4.88 Å². The lowest BCUT2D eigenvalue weighted by atomic mass is 10.3. The van der Waals surface area contributed by atoms with Crippen molar-refractivity contribution in [2.75, 3.05) is 5.73 Å². The molecule has 0 radical (unpaired) electrons. The number of anilines is 1. The van der Waals surface area contributed by atoms with Gasteiger partial charge in [0, 0.05) is 16.4 Å². The molecule has 9 heteroatoms. The minimum Gasteiger partial charge on any atom is -0.398 e. The lowest BCUT2D eigenvalue weighted by Gasteiger charge is -2.10. The number of nitrogen functional groups attached to an aromatic ring is 1. The molecule has 0 unspecified atom stereocenters. The fourth-order valence-electron chi connectivity index (χ4n) is 1.55. The number of nitrogens with one attached hydrogen (secondary N) is 1. The van der Waals surface area contributed by atoms with Crippen molar-refractivity contribution in [2.24, 2.45) is 0 Å². The van der Waals surface area contributed by atoms with Crippen LogP contribution in [0.25, 0.3) is 0 Å². The topological polar surface area (TPSA) is 72.2 Å². The Morgan fingerprint density at radius 3 is 2.55 bits per heavy atom. The molecule has 0 amide bonds. The normalized spacial score (nSPS) is 11.8. The van der Waals surface area contributed by atoms with E-state index >= 15 is 0 Å². The molecule has 3 N–H and O–H groups in total. The average Bonchev–Trinajstić information content (AvgIpc) is 2.71. The van der Waals surface area contributed by atoms with Crippen molar-refractivity contribution < 1.29 is 8.42 Å². The van der Waals surface area contributed by atoms with Crippen molar-refractivity contribution in [3.8, 4) is 0 Å².